The monoisotopic (exact) mass is 321 g/mol. The third-order valence-electron chi connectivity index (χ3n) is 3.64. The first-order valence-electron chi connectivity index (χ1n) is 7.18. The normalized spacial score (nSPS) is 20.5. The van der Waals surface area contributed by atoms with Gasteiger partial charge in [-0.15, -0.1) is 0 Å². The fourth-order valence-electron chi connectivity index (χ4n) is 2.49. The van der Waals surface area contributed by atoms with Crippen molar-refractivity contribution in [2.24, 2.45) is 14.1 Å². The van der Waals surface area contributed by atoms with Crippen LogP contribution in [0, 0.1) is 0 Å². The summed E-state index contributed by atoms with van der Waals surface area (Å²) in [5.74, 6) is 0.776. The van der Waals surface area contributed by atoms with Crippen molar-refractivity contribution in [2.75, 3.05) is 20.3 Å². The van der Waals surface area contributed by atoms with Crippen LogP contribution in [-0.4, -0.2) is 57.9 Å². The quantitative estimate of drug-likeness (QED) is 0.815. The Morgan fingerprint density at radius 2 is 2.17 bits per heavy atom. The molecule has 0 aromatic carbocycles. The number of hydrogen-bond donors (Lipinski definition) is 1. The van der Waals surface area contributed by atoms with Crippen molar-refractivity contribution in [3.8, 4) is 11.6 Å². The van der Waals surface area contributed by atoms with Crippen LogP contribution in [0.25, 0.3) is 0 Å². The van der Waals surface area contributed by atoms with Crippen molar-refractivity contribution in [2.45, 2.75) is 12.1 Å². The summed E-state index contributed by atoms with van der Waals surface area (Å²) in [5, 5.41) is 11.0. The number of aryl methyl sites for hydroxylation is 2. The van der Waals surface area contributed by atoms with Gasteiger partial charge in [-0.25, -0.2) is 4.68 Å². The first-order chi connectivity index (χ1) is 11.1. The van der Waals surface area contributed by atoms with Gasteiger partial charge in [-0.3, -0.25) is 9.48 Å². The second-order valence-corrected chi connectivity index (χ2v) is 5.31. The summed E-state index contributed by atoms with van der Waals surface area (Å²) in [6.07, 6.45) is 4.59. The lowest BCUT2D eigenvalue weighted by atomic mass is 10.2. The Morgan fingerprint density at radius 1 is 1.35 bits per heavy atom. The molecule has 23 heavy (non-hydrogen) atoms. The van der Waals surface area contributed by atoms with E-state index in [1.54, 1.807) is 24.1 Å². The lowest BCUT2D eigenvalue weighted by molar-refractivity contribution is 0.0900. The van der Waals surface area contributed by atoms with E-state index in [1.165, 1.54) is 18.0 Å². The maximum absolute atomic E-state index is 12.4. The molecular weight excluding hydrogens is 302 g/mol. The van der Waals surface area contributed by atoms with Gasteiger partial charge >= 0.3 is 0 Å². The number of nitrogens with zero attached hydrogens (tertiary/aromatic N) is 4. The standard InChI is InChI=1S/C14H19N5O4/c1-18-6-9(4-15-18)23-12-8-22-7-11(12)17-13(20)10-5-16-19(2)14(10)21-3/h4-6,11-12H,7-8H2,1-3H3,(H,17,20)/t11-,12+/m0/s1. The maximum atomic E-state index is 12.4. The zero-order valence-corrected chi connectivity index (χ0v) is 13.2. The minimum absolute atomic E-state index is 0.257. The minimum atomic E-state index is -0.273. The zero-order chi connectivity index (χ0) is 16.4. The van der Waals surface area contributed by atoms with Crippen LogP contribution in [-0.2, 0) is 18.8 Å². The highest BCUT2D eigenvalue weighted by molar-refractivity contribution is 5.96. The molecule has 0 spiro atoms. The van der Waals surface area contributed by atoms with Crippen molar-refractivity contribution in [3.05, 3.63) is 24.2 Å². The fraction of sp³-hybridized carbons (Fsp3) is 0.500. The van der Waals surface area contributed by atoms with Crippen LogP contribution in [0.2, 0.25) is 0 Å². The van der Waals surface area contributed by atoms with Gasteiger partial charge in [0.25, 0.3) is 5.91 Å². The molecule has 1 fully saturated rings. The lowest BCUT2D eigenvalue weighted by Crippen LogP contribution is -2.45. The highest BCUT2D eigenvalue weighted by Crippen LogP contribution is 2.19. The Hall–Kier alpha value is -2.55. The highest BCUT2D eigenvalue weighted by atomic mass is 16.5. The van der Waals surface area contributed by atoms with Gasteiger partial charge in [-0.2, -0.15) is 10.2 Å². The first kappa shape index (κ1) is 15.3. The van der Waals surface area contributed by atoms with E-state index in [-0.39, 0.29) is 18.1 Å². The molecule has 1 amide bonds. The number of nitrogens with one attached hydrogen (secondary N) is 1. The molecule has 1 saturated heterocycles. The average Bonchev–Trinajstić information content (AvgIpc) is 3.21. The SMILES string of the molecule is COc1c(C(=O)N[C@H]2COC[C@H]2Oc2cnn(C)c2)cnn1C. The Labute approximate surface area is 133 Å². The van der Waals surface area contributed by atoms with E-state index >= 15 is 0 Å². The molecular formula is C14H19N5O4. The van der Waals surface area contributed by atoms with E-state index in [0.29, 0.717) is 30.4 Å². The topological polar surface area (TPSA) is 92.4 Å². The number of hydrogen-bond acceptors (Lipinski definition) is 6. The smallest absolute Gasteiger partial charge is 0.258 e. The Morgan fingerprint density at radius 3 is 2.87 bits per heavy atom. The molecule has 124 valence electrons. The second kappa shape index (κ2) is 6.29. The van der Waals surface area contributed by atoms with E-state index < -0.39 is 0 Å². The largest absolute Gasteiger partial charge is 0.482 e. The Kier molecular flexibility index (Phi) is 4.20. The van der Waals surface area contributed by atoms with Gasteiger partial charge in [0.2, 0.25) is 5.88 Å². The molecule has 1 aliphatic rings. The number of carbonyl (C=O) groups is 1. The Balaban J connectivity index is 1.67. The molecule has 0 saturated carbocycles. The van der Waals surface area contributed by atoms with Gasteiger partial charge in [0.15, 0.2) is 5.75 Å². The van der Waals surface area contributed by atoms with Gasteiger partial charge in [0.1, 0.15) is 11.7 Å². The van der Waals surface area contributed by atoms with Gasteiger partial charge in [0, 0.05) is 14.1 Å². The van der Waals surface area contributed by atoms with Crippen molar-refractivity contribution in [3.63, 3.8) is 0 Å². The number of methoxy groups -OCH3 is 1. The van der Waals surface area contributed by atoms with Gasteiger partial charge in [0.05, 0.1) is 45.0 Å². The molecule has 9 heteroatoms. The van der Waals surface area contributed by atoms with Crippen LogP contribution in [0.1, 0.15) is 10.4 Å². The molecule has 1 N–H and O–H groups in total. The molecule has 1 aliphatic heterocycles. The van der Waals surface area contributed by atoms with Gasteiger partial charge in [-0.05, 0) is 0 Å². The number of rotatable bonds is 5. The average molecular weight is 321 g/mol. The van der Waals surface area contributed by atoms with Gasteiger partial charge in [-0.1, -0.05) is 0 Å². The summed E-state index contributed by atoms with van der Waals surface area (Å²) in [6.45, 7) is 0.795. The van der Waals surface area contributed by atoms with Crippen LogP contribution in [0.3, 0.4) is 0 Å². The summed E-state index contributed by atoms with van der Waals surface area (Å²) in [7, 11) is 5.02. The highest BCUT2D eigenvalue weighted by Gasteiger charge is 2.33. The van der Waals surface area contributed by atoms with Crippen LogP contribution in [0.15, 0.2) is 18.6 Å². The Bertz CT molecular complexity index is 695. The molecule has 0 radical (unpaired) electrons. The summed E-state index contributed by atoms with van der Waals surface area (Å²) in [5.41, 5.74) is 0.377. The molecule has 0 unspecified atom stereocenters. The third-order valence-corrected chi connectivity index (χ3v) is 3.64. The van der Waals surface area contributed by atoms with E-state index in [9.17, 15) is 4.79 Å². The van der Waals surface area contributed by atoms with Crippen LogP contribution in [0.4, 0.5) is 0 Å². The van der Waals surface area contributed by atoms with Crippen molar-refractivity contribution >= 4 is 5.91 Å². The summed E-state index contributed by atoms with van der Waals surface area (Å²) in [4.78, 5) is 12.4. The van der Waals surface area contributed by atoms with Crippen molar-refractivity contribution in [1.29, 1.82) is 0 Å². The third kappa shape index (κ3) is 3.14. The number of carbonyl (C=O) groups excluding carboxylic acids is 1. The maximum Gasteiger partial charge on any atom is 0.258 e. The fourth-order valence-corrected chi connectivity index (χ4v) is 2.49. The number of amides is 1. The molecule has 0 bridgehead atoms. The van der Waals surface area contributed by atoms with Crippen molar-refractivity contribution < 1.29 is 19.0 Å². The van der Waals surface area contributed by atoms with E-state index in [2.05, 4.69) is 15.5 Å². The first-order valence-corrected chi connectivity index (χ1v) is 7.18. The summed E-state index contributed by atoms with van der Waals surface area (Å²) < 4.78 is 19.6. The molecule has 2 atom stereocenters. The lowest BCUT2D eigenvalue weighted by Gasteiger charge is -2.19. The molecule has 2 aromatic heterocycles. The van der Waals surface area contributed by atoms with Gasteiger partial charge < -0.3 is 19.5 Å². The van der Waals surface area contributed by atoms with Crippen molar-refractivity contribution in [1.82, 2.24) is 24.9 Å². The molecule has 3 rings (SSSR count). The van der Waals surface area contributed by atoms with E-state index in [0.717, 1.165) is 0 Å². The second-order valence-electron chi connectivity index (χ2n) is 5.31. The summed E-state index contributed by atoms with van der Waals surface area (Å²) >= 11 is 0. The van der Waals surface area contributed by atoms with E-state index in [4.69, 9.17) is 14.2 Å². The van der Waals surface area contributed by atoms with Crippen LogP contribution < -0.4 is 14.8 Å². The predicted molar refractivity (Wildman–Crippen MR) is 79.5 cm³/mol. The number of ether oxygens (including phenoxy) is 3. The molecule has 2 aromatic rings. The number of aromatic nitrogens is 4. The van der Waals surface area contributed by atoms with Crippen LogP contribution >= 0.6 is 0 Å². The molecule has 3 heterocycles. The predicted octanol–water partition coefficient (Wildman–Crippen LogP) is -0.262. The summed E-state index contributed by atoms with van der Waals surface area (Å²) in [6, 6.07) is -0.257. The van der Waals surface area contributed by atoms with E-state index in [1.807, 2.05) is 7.05 Å². The molecule has 9 nitrogen and oxygen atoms in total. The zero-order valence-electron chi connectivity index (χ0n) is 13.2. The van der Waals surface area contributed by atoms with Crippen LogP contribution in [0.5, 0.6) is 11.6 Å². The molecule has 0 aliphatic carbocycles. The minimum Gasteiger partial charge on any atom is -0.482 e.